The van der Waals surface area contributed by atoms with E-state index < -0.39 is 11.9 Å². The number of carbonyl (C=O) groups is 2. The number of ether oxygens (including phenoxy) is 1. The van der Waals surface area contributed by atoms with Crippen LogP contribution in [0.25, 0.3) is 11.1 Å². The van der Waals surface area contributed by atoms with Crippen LogP contribution in [0.4, 0.5) is 14.9 Å². The van der Waals surface area contributed by atoms with E-state index in [9.17, 15) is 14.0 Å². The van der Waals surface area contributed by atoms with Crippen molar-refractivity contribution in [2.24, 2.45) is 0 Å². The van der Waals surface area contributed by atoms with Gasteiger partial charge in [0.2, 0.25) is 5.91 Å². The maximum absolute atomic E-state index is 14.5. The van der Waals surface area contributed by atoms with Gasteiger partial charge in [-0.15, -0.1) is 0 Å². The number of hydrogen-bond acceptors (Lipinski definition) is 4. The number of amides is 2. The summed E-state index contributed by atoms with van der Waals surface area (Å²) in [6, 6.07) is 14.1. The predicted molar refractivity (Wildman–Crippen MR) is 129 cm³/mol. The van der Waals surface area contributed by atoms with Crippen LogP contribution in [0.15, 0.2) is 48.5 Å². The third-order valence-electron chi connectivity index (χ3n) is 5.89. The fourth-order valence-corrected chi connectivity index (χ4v) is 3.99. The summed E-state index contributed by atoms with van der Waals surface area (Å²) in [4.78, 5) is 26.7. The Hall–Kier alpha value is -2.93. The highest BCUT2D eigenvalue weighted by Crippen LogP contribution is 2.30. The molecule has 0 spiro atoms. The Labute approximate surface area is 195 Å². The number of nitrogens with one attached hydrogen (secondary N) is 2. The van der Waals surface area contributed by atoms with Crippen molar-refractivity contribution in [2.75, 3.05) is 31.5 Å². The minimum absolute atomic E-state index is 0.0861. The zero-order valence-electron chi connectivity index (χ0n) is 19.3. The van der Waals surface area contributed by atoms with Crippen molar-refractivity contribution in [3.05, 3.63) is 54.3 Å². The topological polar surface area (TPSA) is 70.7 Å². The first-order valence-corrected chi connectivity index (χ1v) is 11.9. The van der Waals surface area contributed by atoms with E-state index in [1.54, 1.807) is 12.1 Å². The first-order chi connectivity index (χ1) is 16.1. The molecule has 178 valence electrons. The molecule has 1 saturated heterocycles. The van der Waals surface area contributed by atoms with Crippen LogP contribution in [0.3, 0.4) is 0 Å². The number of piperidine rings is 1. The number of unbranched alkanes of at least 4 members (excludes halogenated alkanes) is 2. The molecule has 0 aliphatic carbocycles. The Balaban J connectivity index is 1.43. The van der Waals surface area contributed by atoms with E-state index in [2.05, 4.69) is 22.5 Å². The summed E-state index contributed by atoms with van der Waals surface area (Å²) in [5.74, 6) is -0.418. The zero-order valence-corrected chi connectivity index (χ0v) is 19.3. The number of para-hydroxylation sites is 1. The number of rotatable bonds is 10. The molecule has 0 aromatic heterocycles. The van der Waals surface area contributed by atoms with Crippen LogP contribution in [-0.4, -0.2) is 49.2 Å². The smallest absolute Gasteiger partial charge is 0.412 e. The van der Waals surface area contributed by atoms with Gasteiger partial charge in [0.1, 0.15) is 11.9 Å². The Morgan fingerprint density at radius 3 is 2.55 bits per heavy atom. The fraction of sp³-hybridized carbons (Fsp3) is 0.462. The summed E-state index contributed by atoms with van der Waals surface area (Å²) >= 11 is 0. The molecule has 3 rings (SSSR count). The lowest BCUT2D eigenvalue weighted by Gasteiger charge is -2.31. The summed E-state index contributed by atoms with van der Waals surface area (Å²) in [5.41, 5.74) is 1.54. The minimum atomic E-state index is -0.651. The molecule has 1 aliphatic heterocycles. The minimum Gasteiger partial charge on any atom is -0.446 e. The Morgan fingerprint density at radius 1 is 1.06 bits per heavy atom. The third kappa shape index (κ3) is 7.86. The van der Waals surface area contributed by atoms with Crippen molar-refractivity contribution in [1.29, 1.82) is 0 Å². The molecule has 0 radical (unpaired) electrons. The van der Waals surface area contributed by atoms with Gasteiger partial charge in [0.25, 0.3) is 0 Å². The van der Waals surface area contributed by atoms with Gasteiger partial charge in [-0.25, -0.2) is 9.18 Å². The standard InChI is InChI=1S/C26H34FN3O3/c1-2-3-7-16-28-24(31)15-19-30-17-13-21(14-18-30)33-26(32)29-25-22(11-8-12-23(25)27)20-9-5-4-6-10-20/h4-6,8-12,21H,2-3,7,13-19H2,1H3,(H,28,31)(H,29,32). The van der Waals surface area contributed by atoms with E-state index in [-0.39, 0.29) is 17.7 Å². The molecule has 2 amide bonds. The SMILES string of the molecule is CCCCCNC(=O)CCN1CCC(OC(=O)Nc2c(F)cccc2-c2ccccc2)CC1. The average Bonchev–Trinajstić information content (AvgIpc) is 2.83. The number of hydrogen-bond donors (Lipinski definition) is 2. The van der Waals surface area contributed by atoms with Crippen molar-refractivity contribution < 1.29 is 18.7 Å². The van der Waals surface area contributed by atoms with E-state index in [0.717, 1.165) is 44.5 Å². The van der Waals surface area contributed by atoms with E-state index in [4.69, 9.17) is 4.74 Å². The quantitative estimate of drug-likeness (QED) is 0.483. The molecular weight excluding hydrogens is 421 g/mol. The van der Waals surface area contributed by atoms with Crippen molar-refractivity contribution >= 4 is 17.7 Å². The Bertz CT molecular complexity index is 899. The molecular formula is C26H34FN3O3. The highest BCUT2D eigenvalue weighted by atomic mass is 19.1. The maximum atomic E-state index is 14.5. The summed E-state index contributed by atoms with van der Waals surface area (Å²) in [6.45, 7) is 5.10. The summed E-state index contributed by atoms with van der Waals surface area (Å²) in [5, 5.41) is 5.56. The van der Waals surface area contributed by atoms with Crippen LogP contribution in [0, 0.1) is 5.82 Å². The average molecular weight is 456 g/mol. The summed E-state index contributed by atoms with van der Waals surface area (Å²) < 4.78 is 20.1. The van der Waals surface area contributed by atoms with Gasteiger partial charge in [0, 0.05) is 38.2 Å². The molecule has 2 aromatic rings. The fourth-order valence-electron chi connectivity index (χ4n) is 3.99. The Morgan fingerprint density at radius 2 is 1.82 bits per heavy atom. The second kappa shape index (κ2) is 12.9. The largest absolute Gasteiger partial charge is 0.446 e. The number of likely N-dealkylation sites (tertiary alicyclic amines) is 1. The van der Waals surface area contributed by atoms with E-state index in [1.807, 2.05) is 30.3 Å². The van der Waals surface area contributed by atoms with Crippen LogP contribution < -0.4 is 10.6 Å². The van der Waals surface area contributed by atoms with Crippen molar-refractivity contribution in [1.82, 2.24) is 10.2 Å². The normalized spacial score (nSPS) is 14.6. The third-order valence-corrected chi connectivity index (χ3v) is 5.89. The second-order valence-corrected chi connectivity index (χ2v) is 8.41. The molecule has 33 heavy (non-hydrogen) atoms. The van der Waals surface area contributed by atoms with Crippen LogP contribution in [0.5, 0.6) is 0 Å². The van der Waals surface area contributed by atoms with Gasteiger partial charge >= 0.3 is 6.09 Å². The van der Waals surface area contributed by atoms with Crippen LogP contribution >= 0.6 is 0 Å². The molecule has 7 heteroatoms. The van der Waals surface area contributed by atoms with E-state index in [1.165, 1.54) is 6.07 Å². The number of benzene rings is 2. The lowest BCUT2D eigenvalue weighted by molar-refractivity contribution is -0.121. The molecule has 1 aliphatic rings. The number of halogens is 1. The molecule has 1 fully saturated rings. The number of carbonyl (C=O) groups excluding carboxylic acids is 2. The molecule has 0 atom stereocenters. The molecule has 6 nitrogen and oxygen atoms in total. The number of nitrogens with zero attached hydrogens (tertiary/aromatic N) is 1. The first-order valence-electron chi connectivity index (χ1n) is 11.9. The van der Waals surface area contributed by atoms with Gasteiger partial charge in [0.15, 0.2) is 0 Å². The highest BCUT2D eigenvalue weighted by Gasteiger charge is 2.23. The molecule has 2 N–H and O–H groups in total. The van der Waals surface area contributed by atoms with Crippen molar-refractivity contribution in [3.8, 4) is 11.1 Å². The highest BCUT2D eigenvalue weighted by molar-refractivity contribution is 5.91. The van der Waals surface area contributed by atoms with Gasteiger partial charge in [-0.3, -0.25) is 10.1 Å². The van der Waals surface area contributed by atoms with Crippen LogP contribution in [0.1, 0.15) is 45.4 Å². The Kier molecular flexibility index (Phi) is 9.69. The van der Waals surface area contributed by atoms with Crippen LogP contribution in [-0.2, 0) is 9.53 Å². The molecule has 2 aromatic carbocycles. The van der Waals surface area contributed by atoms with Crippen LogP contribution in [0.2, 0.25) is 0 Å². The summed E-state index contributed by atoms with van der Waals surface area (Å²) in [6.07, 6.45) is 4.27. The molecule has 1 heterocycles. The second-order valence-electron chi connectivity index (χ2n) is 8.41. The lowest BCUT2D eigenvalue weighted by atomic mass is 10.0. The molecule has 0 saturated carbocycles. The summed E-state index contributed by atoms with van der Waals surface area (Å²) in [7, 11) is 0. The van der Waals surface area contributed by atoms with Gasteiger partial charge in [-0.2, -0.15) is 0 Å². The monoisotopic (exact) mass is 455 g/mol. The van der Waals surface area contributed by atoms with Gasteiger partial charge < -0.3 is 15.0 Å². The van der Waals surface area contributed by atoms with Gasteiger partial charge in [-0.1, -0.05) is 62.2 Å². The predicted octanol–water partition coefficient (Wildman–Crippen LogP) is 5.20. The van der Waals surface area contributed by atoms with Crippen molar-refractivity contribution in [2.45, 2.75) is 51.6 Å². The van der Waals surface area contributed by atoms with Gasteiger partial charge in [0.05, 0.1) is 5.69 Å². The first kappa shape index (κ1) is 24.7. The zero-order chi connectivity index (χ0) is 23.5. The van der Waals surface area contributed by atoms with E-state index >= 15 is 0 Å². The number of anilines is 1. The van der Waals surface area contributed by atoms with E-state index in [0.29, 0.717) is 31.4 Å². The van der Waals surface area contributed by atoms with Gasteiger partial charge in [-0.05, 0) is 30.9 Å². The lowest BCUT2D eigenvalue weighted by Crippen LogP contribution is -2.40. The molecule has 0 unspecified atom stereocenters. The maximum Gasteiger partial charge on any atom is 0.412 e. The van der Waals surface area contributed by atoms with Crippen molar-refractivity contribution in [3.63, 3.8) is 0 Å². The molecule has 0 bridgehead atoms.